The molecule has 0 bridgehead atoms. The van der Waals surface area contributed by atoms with Crippen molar-refractivity contribution in [2.24, 2.45) is 0 Å². The Balaban J connectivity index is 3.12. The molecule has 2 N–H and O–H groups in total. The summed E-state index contributed by atoms with van der Waals surface area (Å²) in [5.41, 5.74) is 0.356. The zero-order chi connectivity index (χ0) is 12.1. The van der Waals surface area contributed by atoms with Crippen LogP contribution < -0.4 is 9.47 Å². The quantitative estimate of drug-likeness (QED) is 0.789. The van der Waals surface area contributed by atoms with E-state index >= 15 is 0 Å². The number of benzene rings is 1. The van der Waals surface area contributed by atoms with Crippen LogP contribution in [0.4, 0.5) is 0 Å². The number of ether oxygens (including phenoxy) is 2. The predicted molar refractivity (Wildman–Crippen MR) is 56.8 cm³/mol. The van der Waals surface area contributed by atoms with Crippen molar-refractivity contribution in [3.63, 3.8) is 0 Å². The monoisotopic (exact) mass is 226 g/mol. The summed E-state index contributed by atoms with van der Waals surface area (Å²) in [6, 6.07) is 4.99. The molecule has 88 valence electrons. The molecule has 0 aliphatic rings. The van der Waals surface area contributed by atoms with Gasteiger partial charge in [-0.1, -0.05) is 6.07 Å². The smallest absolute Gasteiger partial charge is 0.306 e. The van der Waals surface area contributed by atoms with Crippen molar-refractivity contribution in [2.45, 2.75) is 12.5 Å². The molecule has 1 aromatic carbocycles. The van der Waals surface area contributed by atoms with Gasteiger partial charge < -0.3 is 19.7 Å². The van der Waals surface area contributed by atoms with E-state index in [0.29, 0.717) is 17.1 Å². The molecule has 1 atom stereocenters. The average molecular weight is 226 g/mol. The highest BCUT2D eigenvalue weighted by Gasteiger charge is 2.20. The van der Waals surface area contributed by atoms with Crippen LogP contribution in [0.2, 0.25) is 0 Å². The van der Waals surface area contributed by atoms with Crippen LogP contribution >= 0.6 is 0 Å². The normalized spacial score (nSPS) is 11.9. The fraction of sp³-hybridized carbons (Fsp3) is 0.364. The van der Waals surface area contributed by atoms with Gasteiger partial charge in [-0.2, -0.15) is 0 Å². The van der Waals surface area contributed by atoms with Crippen molar-refractivity contribution in [2.75, 3.05) is 14.2 Å². The summed E-state index contributed by atoms with van der Waals surface area (Å²) in [6.07, 6.45) is -1.54. The van der Waals surface area contributed by atoms with Crippen molar-refractivity contribution in [1.82, 2.24) is 0 Å². The van der Waals surface area contributed by atoms with Crippen molar-refractivity contribution < 1.29 is 24.5 Å². The Morgan fingerprint density at radius 3 is 2.19 bits per heavy atom. The number of carboxylic acid groups (broad SMARTS) is 1. The summed E-state index contributed by atoms with van der Waals surface area (Å²) in [4.78, 5) is 10.5. The number of hydrogen-bond acceptors (Lipinski definition) is 4. The molecule has 5 nitrogen and oxygen atoms in total. The Morgan fingerprint density at radius 1 is 1.31 bits per heavy atom. The average Bonchev–Trinajstić information content (AvgIpc) is 2.26. The minimum absolute atomic E-state index is 0.356. The Hall–Kier alpha value is -1.75. The highest BCUT2D eigenvalue weighted by atomic mass is 16.5. The molecule has 0 saturated heterocycles. The number of rotatable bonds is 5. The largest absolute Gasteiger partial charge is 0.496 e. The Labute approximate surface area is 93.2 Å². The standard InChI is InChI=1S/C11H14O5/c1-15-8-4-3-5-9(16-2)11(8)7(12)6-10(13)14/h3-5,7,12H,6H2,1-2H3,(H,13,14)/t7-/m0/s1. The molecule has 1 rings (SSSR count). The lowest BCUT2D eigenvalue weighted by molar-refractivity contribution is -0.139. The van der Waals surface area contributed by atoms with Gasteiger partial charge >= 0.3 is 5.97 Å². The van der Waals surface area contributed by atoms with Crippen LogP contribution in [0, 0.1) is 0 Å². The van der Waals surface area contributed by atoms with Crippen LogP contribution in [0.5, 0.6) is 11.5 Å². The lowest BCUT2D eigenvalue weighted by Crippen LogP contribution is -2.08. The summed E-state index contributed by atoms with van der Waals surface area (Å²) in [7, 11) is 2.90. The number of methoxy groups -OCH3 is 2. The third-order valence-corrected chi connectivity index (χ3v) is 2.17. The molecule has 0 aliphatic heterocycles. The molecule has 0 unspecified atom stereocenters. The van der Waals surface area contributed by atoms with Gasteiger partial charge in [0.25, 0.3) is 0 Å². The highest BCUT2D eigenvalue weighted by molar-refractivity contribution is 5.68. The zero-order valence-electron chi connectivity index (χ0n) is 9.14. The summed E-state index contributed by atoms with van der Waals surface area (Å²) in [5.74, 6) is -0.262. The Bertz CT molecular complexity index is 352. The van der Waals surface area contributed by atoms with Gasteiger partial charge in [0.2, 0.25) is 0 Å². The molecule has 1 aromatic rings. The Kier molecular flexibility index (Phi) is 4.13. The molecule has 0 spiro atoms. The maximum Gasteiger partial charge on any atom is 0.306 e. The van der Waals surface area contributed by atoms with E-state index in [1.54, 1.807) is 18.2 Å². The molecule has 0 aromatic heterocycles. The van der Waals surface area contributed by atoms with Crippen molar-refractivity contribution >= 4 is 5.97 Å². The maximum atomic E-state index is 10.5. The zero-order valence-corrected chi connectivity index (χ0v) is 9.14. The maximum absolute atomic E-state index is 10.5. The molecule has 5 heteroatoms. The molecule has 16 heavy (non-hydrogen) atoms. The number of carbonyl (C=O) groups is 1. The minimum Gasteiger partial charge on any atom is -0.496 e. The first kappa shape index (κ1) is 12.3. The van der Waals surface area contributed by atoms with E-state index in [4.69, 9.17) is 14.6 Å². The molecule has 0 aliphatic carbocycles. The van der Waals surface area contributed by atoms with E-state index in [9.17, 15) is 9.90 Å². The molecule has 0 amide bonds. The van der Waals surface area contributed by atoms with Crippen molar-refractivity contribution in [1.29, 1.82) is 0 Å². The van der Waals surface area contributed by atoms with Crippen LogP contribution in [-0.2, 0) is 4.79 Å². The van der Waals surface area contributed by atoms with Crippen molar-refractivity contribution in [3.05, 3.63) is 23.8 Å². The van der Waals surface area contributed by atoms with Gasteiger partial charge in [-0.05, 0) is 12.1 Å². The van der Waals surface area contributed by atoms with Gasteiger partial charge in [0.15, 0.2) is 0 Å². The number of aliphatic hydroxyl groups excluding tert-OH is 1. The van der Waals surface area contributed by atoms with E-state index in [2.05, 4.69) is 0 Å². The Morgan fingerprint density at radius 2 is 1.81 bits per heavy atom. The van der Waals surface area contributed by atoms with Crippen LogP contribution in [-0.4, -0.2) is 30.4 Å². The summed E-state index contributed by atoms with van der Waals surface area (Å²) in [5, 5.41) is 18.4. The minimum atomic E-state index is -1.15. The summed E-state index contributed by atoms with van der Waals surface area (Å²) >= 11 is 0. The van der Waals surface area contributed by atoms with Crippen LogP contribution in [0.25, 0.3) is 0 Å². The van der Waals surface area contributed by atoms with E-state index in [-0.39, 0.29) is 0 Å². The van der Waals surface area contributed by atoms with E-state index in [0.717, 1.165) is 0 Å². The number of aliphatic hydroxyl groups is 1. The molecular formula is C11H14O5. The predicted octanol–water partition coefficient (Wildman–Crippen LogP) is 1.21. The van der Waals surface area contributed by atoms with Gasteiger partial charge in [-0.15, -0.1) is 0 Å². The van der Waals surface area contributed by atoms with Gasteiger partial charge in [0.1, 0.15) is 11.5 Å². The lowest BCUT2D eigenvalue weighted by Gasteiger charge is -2.16. The second-order valence-corrected chi connectivity index (χ2v) is 3.19. The third kappa shape index (κ3) is 2.64. The van der Waals surface area contributed by atoms with Gasteiger partial charge in [-0.25, -0.2) is 0 Å². The fourth-order valence-corrected chi connectivity index (χ4v) is 1.48. The van der Waals surface area contributed by atoms with E-state index in [1.165, 1.54) is 14.2 Å². The topological polar surface area (TPSA) is 76.0 Å². The SMILES string of the molecule is COc1cccc(OC)c1[C@@H](O)CC(=O)O. The molecular weight excluding hydrogens is 212 g/mol. The molecule has 0 heterocycles. The van der Waals surface area contributed by atoms with Gasteiger partial charge in [0.05, 0.1) is 32.3 Å². The van der Waals surface area contributed by atoms with Gasteiger partial charge in [0, 0.05) is 0 Å². The summed E-state index contributed by atoms with van der Waals surface area (Å²) < 4.78 is 10.1. The van der Waals surface area contributed by atoms with E-state index < -0.39 is 18.5 Å². The third-order valence-electron chi connectivity index (χ3n) is 2.17. The number of carboxylic acids is 1. The second-order valence-electron chi connectivity index (χ2n) is 3.19. The molecule has 0 radical (unpaired) electrons. The number of aliphatic carboxylic acids is 1. The van der Waals surface area contributed by atoms with E-state index in [1.807, 2.05) is 0 Å². The summed E-state index contributed by atoms with van der Waals surface area (Å²) in [6.45, 7) is 0. The van der Waals surface area contributed by atoms with Gasteiger partial charge in [-0.3, -0.25) is 4.79 Å². The highest BCUT2D eigenvalue weighted by Crippen LogP contribution is 2.35. The first-order valence-corrected chi connectivity index (χ1v) is 4.71. The number of hydrogen-bond donors (Lipinski definition) is 2. The lowest BCUT2D eigenvalue weighted by atomic mass is 10.0. The molecule has 0 saturated carbocycles. The van der Waals surface area contributed by atoms with Crippen LogP contribution in [0.3, 0.4) is 0 Å². The van der Waals surface area contributed by atoms with Crippen LogP contribution in [0.1, 0.15) is 18.1 Å². The van der Waals surface area contributed by atoms with Crippen molar-refractivity contribution in [3.8, 4) is 11.5 Å². The molecule has 0 fully saturated rings. The first-order valence-electron chi connectivity index (χ1n) is 4.71. The first-order chi connectivity index (χ1) is 7.60. The second kappa shape index (κ2) is 5.37. The fourth-order valence-electron chi connectivity index (χ4n) is 1.48. The van der Waals surface area contributed by atoms with Crippen LogP contribution in [0.15, 0.2) is 18.2 Å².